The first kappa shape index (κ1) is 22.0. The van der Waals surface area contributed by atoms with Gasteiger partial charge in [0.15, 0.2) is 6.10 Å². The second-order valence-electron chi connectivity index (χ2n) is 8.76. The van der Waals surface area contributed by atoms with Crippen molar-refractivity contribution in [3.05, 3.63) is 94.8 Å². The largest absolute Gasteiger partial charge is 0.497 e. The summed E-state index contributed by atoms with van der Waals surface area (Å²) in [6.07, 6.45) is 1.12. The maximum atomic E-state index is 6.74. The van der Waals surface area contributed by atoms with Crippen molar-refractivity contribution in [1.82, 2.24) is 14.8 Å². The lowest BCUT2D eigenvalue weighted by Gasteiger charge is -2.39. The minimum Gasteiger partial charge on any atom is -0.497 e. The molecule has 182 valence electrons. The van der Waals surface area contributed by atoms with Gasteiger partial charge in [-0.25, -0.2) is 4.68 Å². The number of hydrogen-bond acceptors (Lipinski definition) is 7. The van der Waals surface area contributed by atoms with Crippen LogP contribution in [0.2, 0.25) is 0 Å². The molecule has 1 N–H and O–H groups in total. The van der Waals surface area contributed by atoms with Crippen molar-refractivity contribution < 1.29 is 18.9 Å². The number of aryl methyl sites for hydroxylation is 1. The molecule has 0 unspecified atom stereocenters. The highest BCUT2D eigenvalue weighted by atomic mass is 16.5. The van der Waals surface area contributed by atoms with Crippen LogP contribution in [-0.4, -0.2) is 36.1 Å². The molecular weight excluding hydrogens is 456 g/mol. The summed E-state index contributed by atoms with van der Waals surface area (Å²) in [6.45, 7) is 2.07. The third-order valence-corrected chi connectivity index (χ3v) is 6.72. The summed E-state index contributed by atoms with van der Waals surface area (Å²) in [5.74, 6) is 3.64. The Hall–Kier alpha value is -4.46. The first-order valence-electron chi connectivity index (χ1n) is 11.7. The molecule has 0 spiro atoms. The van der Waals surface area contributed by atoms with Gasteiger partial charge >= 0.3 is 0 Å². The van der Waals surface area contributed by atoms with Gasteiger partial charge in [0.05, 0.1) is 27.0 Å². The van der Waals surface area contributed by atoms with E-state index >= 15 is 0 Å². The highest BCUT2D eigenvalue weighted by molar-refractivity contribution is 5.85. The number of nitrogens with one attached hydrogen (secondary N) is 1. The predicted molar refractivity (Wildman–Crippen MR) is 136 cm³/mol. The number of benzene rings is 3. The van der Waals surface area contributed by atoms with E-state index in [4.69, 9.17) is 18.9 Å². The molecule has 0 fully saturated rings. The summed E-state index contributed by atoms with van der Waals surface area (Å²) in [6, 6.07) is 19.8. The average molecular weight is 483 g/mol. The van der Waals surface area contributed by atoms with Gasteiger partial charge in [0, 0.05) is 22.8 Å². The molecule has 0 radical (unpaired) electrons. The second kappa shape index (κ2) is 8.64. The zero-order chi connectivity index (χ0) is 24.8. The summed E-state index contributed by atoms with van der Waals surface area (Å²) in [5.41, 5.74) is 6.03. The van der Waals surface area contributed by atoms with E-state index in [0.29, 0.717) is 17.4 Å². The zero-order valence-corrected chi connectivity index (χ0v) is 20.5. The van der Waals surface area contributed by atoms with Crippen LogP contribution in [-0.2, 0) is 0 Å². The Labute approximate surface area is 209 Å². The molecule has 1 aromatic heterocycles. The molecule has 8 heteroatoms. The first-order chi connectivity index (χ1) is 17.6. The maximum Gasteiger partial charge on any atom is 0.226 e. The molecule has 3 heterocycles. The van der Waals surface area contributed by atoms with Crippen molar-refractivity contribution >= 4 is 11.6 Å². The third-order valence-electron chi connectivity index (χ3n) is 6.72. The van der Waals surface area contributed by atoms with Crippen molar-refractivity contribution in [2.24, 2.45) is 0 Å². The van der Waals surface area contributed by atoms with Crippen LogP contribution in [0.4, 0.5) is 5.95 Å². The Morgan fingerprint density at radius 2 is 1.67 bits per heavy atom. The van der Waals surface area contributed by atoms with E-state index in [2.05, 4.69) is 46.6 Å². The van der Waals surface area contributed by atoms with Crippen LogP contribution in [0.5, 0.6) is 23.0 Å². The molecule has 6 rings (SSSR count). The van der Waals surface area contributed by atoms with Gasteiger partial charge in [-0.1, -0.05) is 23.8 Å². The molecule has 0 saturated carbocycles. The number of aromatic nitrogens is 3. The van der Waals surface area contributed by atoms with Crippen molar-refractivity contribution in [3.8, 4) is 23.0 Å². The zero-order valence-electron chi connectivity index (χ0n) is 20.5. The predicted octanol–water partition coefficient (Wildman–Crippen LogP) is 5.17. The SMILES string of the molecule is COc1ccc([C@@H]2C3=C(Nc4ncnn42)c2cc(C)ccc2O[C@@H]3c2ccc(OC)cc2OC)cc1. The third kappa shape index (κ3) is 3.45. The molecule has 0 aliphatic carbocycles. The van der Waals surface area contributed by atoms with Crippen LogP contribution in [0.1, 0.15) is 34.4 Å². The number of hydrogen-bond donors (Lipinski definition) is 1. The van der Waals surface area contributed by atoms with Gasteiger partial charge < -0.3 is 24.3 Å². The molecule has 0 amide bonds. The standard InChI is InChI=1S/C28H26N4O4/c1-16-5-12-22-21(13-16)25-24(27(36-22)20-11-10-19(34-3)14-23(20)35-4)26(32-28(31-25)29-15-30-32)17-6-8-18(33-2)9-7-17/h5-15,26-27H,1-4H3,(H,29,30,31)/t26-,27-/m1/s1. The molecule has 2 aliphatic rings. The highest BCUT2D eigenvalue weighted by Gasteiger charge is 2.42. The van der Waals surface area contributed by atoms with E-state index in [1.165, 1.54) is 0 Å². The maximum absolute atomic E-state index is 6.74. The lowest BCUT2D eigenvalue weighted by molar-refractivity contribution is 0.217. The smallest absolute Gasteiger partial charge is 0.226 e. The summed E-state index contributed by atoms with van der Waals surface area (Å²) in [4.78, 5) is 4.51. The fourth-order valence-corrected chi connectivity index (χ4v) is 4.98. The van der Waals surface area contributed by atoms with E-state index < -0.39 is 6.10 Å². The van der Waals surface area contributed by atoms with Crippen molar-refractivity contribution in [2.45, 2.75) is 19.1 Å². The Balaban J connectivity index is 1.62. The van der Waals surface area contributed by atoms with Gasteiger partial charge in [-0.2, -0.15) is 10.1 Å². The Morgan fingerprint density at radius 3 is 2.42 bits per heavy atom. The summed E-state index contributed by atoms with van der Waals surface area (Å²) >= 11 is 0. The van der Waals surface area contributed by atoms with Crippen molar-refractivity contribution in [2.75, 3.05) is 26.6 Å². The van der Waals surface area contributed by atoms with Gasteiger partial charge in [-0.05, 0) is 48.9 Å². The van der Waals surface area contributed by atoms with E-state index in [1.807, 2.05) is 41.1 Å². The molecule has 0 saturated heterocycles. The molecule has 3 aromatic carbocycles. The van der Waals surface area contributed by atoms with E-state index in [9.17, 15) is 0 Å². The van der Waals surface area contributed by atoms with E-state index in [1.54, 1.807) is 27.7 Å². The number of ether oxygens (including phenoxy) is 4. The summed E-state index contributed by atoms with van der Waals surface area (Å²) in [5, 5.41) is 8.13. The van der Waals surface area contributed by atoms with Crippen LogP contribution < -0.4 is 24.3 Å². The van der Waals surface area contributed by atoms with Crippen LogP contribution in [0.15, 0.2) is 72.6 Å². The van der Waals surface area contributed by atoms with E-state index in [-0.39, 0.29) is 6.04 Å². The van der Waals surface area contributed by atoms with Crippen molar-refractivity contribution in [3.63, 3.8) is 0 Å². The summed E-state index contributed by atoms with van der Waals surface area (Å²) in [7, 11) is 4.96. The number of rotatable bonds is 5. The highest BCUT2D eigenvalue weighted by Crippen LogP contribution is 2.52. The Morgan fingerprint density at radius 1 is 0.889 bits per heavy atom. The fourth-order valence-electron chi connectivity index (χ4n) is 4.98. The average Bonchev–Trinajstić information content (AvgIpc) is 3.39. The number of fused-ring (bicyclic) bond motifs is 3. The van der Waals surface area contributed by atoms with Crippen LogP contribution in [0, 0.1) is 6.92 Å². The van der Waals surface area contributed by atoms with Gasteiger partial charge in [-0.15, -0.1) is 0 Å². The number of anilines is 1. The number of methoxy groups -OCH3 is 3. The Bertz CT molecular complexity index is 1480. The molecular formula is C28H26N4O4. The van der Waals surface area contributed by atoms with Gasteiger partial charge in [0.2, 0.25) is 5.95 Å². The second-order valence-corrected chi connectivity index (χ2v) is 8.76. The van der Waals surface area contributed by atoms with Crippen molar-refractivity contribution in [1.29, 1.82) is 0 Å². The van der Waals surface area contributed by atoms with Crippen LogP contribution in [0.3, 0.4) is 0 Å². The quantitative estimate of drug-likeness (QED) is 0.420. The normalized spacial score (nSPS) is 17.8. The van der Waals surface area contributed by atoms with E-state index in [0.717, 1.165) is 45.0 Å². The monoisotopic (exact) mass is 482 g/mol. The Kier molecular flexibility index (Phi) is 5.29. The lowest BCUT2D eigenvalue weighted by atomic mass is 9.84. The van der Waals surface area contributed by atoms with Crippen LogP contribution in [0.25, 0.3) is 5.70 Å². The minimum absolute atomic E-state index is 0.268. The molecule has 8 nitrogen and oxygen atoms in total. The molecule has 0 bridgehead atoms. The molecule has 2 aliphatic heterocycles. The molecule has 36 heavy (non-hydrogen) atoms. The van der Waals surface area contributed by atoms with Gasteiger partial charge in [0.1, 0.15) is 35.4 Å². The molecule has 4 aromatic rings. The first-order valence-corrected chi connectivity index (χ1v) is 11.7. The summed E-state index contributed by atoms with van der Waals surface area (Å²) < 4.78 is 25.3. The number of nitrogens with zero attached hydrogens (tertiary/aromatic N) is 3. The topological polar surface area (TPSA) is 79.7 Å². The van der Waals surface area contributed by atoms with Crippen LogP contribution >= 0.6 is 0 Å². The molecule has 2 atom stereocenters. The van der Waals surface area contributed by atoms with Gasteiger partial charge in [-0.3, -0.25) is 0 Å². The van der Waals surface area contributed by atoms with Gasteiger partial charge in [0.25, 0.3) is 0 Å². The fraction of sp³-hybridized carbons (Fsp3) is 0.214. The lowest BCUT2D eigenvalue weighted by Crippen LogP contribution is -2.32. The minimum atomic E-state index is -0.451.